The quantitative estimate of drug-likeness (QED) is 0.489. The Kier molecular flexibility index (Phi) is 6.54. The molecular formula is C14H15NO2S2. The van der Waals surface area contributed by atoms with E-state index in [9.17, 15) is 4.79 Å². The fourth-order valence-electron chi connectivity index (χ4n) is 1.47. The van der Waals surface area contributed by atoms with Crippen LogP contribution in [0, 0.1) is 11.3 Å². The molecule has 0 aliphatic heterocycles. The Morgan fingerprint density at radius 1 is 1.32 bits per heavy atom. The Labute approximate surface area is 121 Å². The van der Waals surface area contributed by atoms with E-state index in [1.165, 1.54) is 11.0 Å². The van der Waals surface area contributed by atoms with Crippen LogP contribution in [0.2, 0.25) is 0 Å². The van der Waals surface area contributed by atoms with Crippen molar-refractivity contribution in [2.24, 2.45) is 0 Å². The molecule has 1 rings (SSSR count). The van der Waals surface area contributed by atoms with Gasteiger partial charge in [-0.15, -0.1) is 23.5 Å². The van der Waals surface area contributed by atoms with Gasteiger partial charge in [0.2, 0.25) is 0 Å². The smallest absolute Gasteiger partial charge is 0.346 e. The van der Waals surface area contributed by atoms with Crippen LogP contribution in [0.5, 0.6) is 0 Å². The third-order valence-corrected chi connectivity index (χ3v) is 4.25. The molecule has 0 unspecified atom stereocenters. The molecule has 0 radical (unpaired) electrons. The SMILES string of the molecule is CCSc1ccc(/C=C(\C#N)C(=O)O)cc1SCC. The first-order chi connectivity index (χ1) is 9.12. The Bertz CT molecular complexity index is 533. The van der Waals surface area contributed by atoms with E-state index in [4.69, 9.17) is 10.4 Å². The maximum atomic E-state index is 10.8. The van der Waals surface area contributed by atoms with Gasteiger partial charge in [-0.05, 0) is 35.3 Å². The summed E-state index contributed by atoms with van der Waals surface area (Å²) in [5.74, 6) is 0.749. The molecule has 0 fully saturated rings. The standard InChI is InChI=1S/C14H15NO2S2/c1-3-18-12-6-5-10(8-13(12)19-4-2)7-11(9-15)14(16)17/h5-8H,3-4H2,1-2H3,(H,16,17)/b11-7+. The molecule has 5 heteroatoms. The highest BCUT2D eigenvalue weighted by molar-refractivity contribution is 8.02. The van der Waals surface area contributed by atoms with E-state index >= 15 is 0 Å². The molecule has 0 aliphatic rings. The zero-order valence-electron chi connectivity index (χ0n) is 10.8. The Hall–Kier alpha value is -1.38. The lowest BCUT2D eigenvalue weighted by molar-refractivity contribution is -0.132. The predicted molar refractivity (Wildman–Crippen MR) is 80.5 cm³/mol. The third kappa shape index (κ3) is 4.66. The number of nitriles is 1. The minimum Gasteiger partial charge on any atom is -0.477 e. The summed E-state index contributed by atoms with van der Waals surface area (Å²) in [5.41, 5.74) is 0.499. The van der Waals surface area contributed by atoms with Crippen LogP contribution >= 0.6 is 23.5 Å². The second kappa shape index (κ2) is 7.93. The van der Waals surface area contributed by atoms with Crippen LogP contribution in [0.4, 0.5) is 0 Å². The van der Waals surface area contributed by atoms with Crippen molar-refractivity contribution in [3.05, 3.63) is 29.3 Å². The summed E-state index contributed by atoms with van der Waals surface area (Å²) in [5, 5.41) is 17.6. The molecule has 0 saturated carbocycles. The van der Waals surface area contributed by atoms with E-state index in [2.05, 4.69) is 13.8 Å². The molecule has 19 heavy (non-hydrogen) atoms. The van der Waals surface area contributed by atoms with Crippen molar-refractivity contribution in [2.75, 3.05) is 11.5 Å². The number of hydrogen-bond acceptors (Lipinski definition) is 4. The van der Waals surface area contributed by atoms with Crippen LogP contribution in [-0.4, -0.2) is 22.6 Å². The summed E-state index contributed by atoms with van der Waals surface area (Å²) in [6.07, 6.45) is 1.41. The van der Waals surface area contributed by atoms with E-state index < -0.39 is 5.97 Å². The average Bonchev–Trinajstić information content (AvgIpc) is 2.39. The zero-order chi connectivity index (χ0) is 14.3. The fourth-order valence-corrected chi connectivity index (χ4v) is 3.24. The lowest BCUT2D eigenvalue weighted by Gasteiger charge is -2.08. The zero-order valence-corrected chi connectivity index (χ0v) is 12.5. The molecule has 0 saturated heterocycles. The molecule has 0 heterocycles. The molecule has 1 aromatic carbocycles. The van der Waals surface area contributed by atoms with Gasteiger partial charge in [0.05, 0.1) is 0 Å². The number of carboxylic acid groups (broad SMARTS) is 1. The van der Waals surface area contributed by atoms with Crippen molar-refractivity contribution < 1.29 is 9.90 Å². The highest BCUT2D eigenvalue weighted by Gasteiger charge is 2.08. The first-order valence-corrected chi connectivity index (χ1v) is 7.84. The minimum absolute atomic E-state index is 0.247. The number of thioether (sulfide) groups is 2. The summed E-state index contributed by atoms with van der Waals surface area (Å²) in [7, 11) is 0. The van der Waals surface area contributed by atoms with Gasteiger partial charge in [0.1, 0.15) is 11.6 Å². The van der Waals surface area contributed by atoms with E-state index in [0.717, 1.165) is 22.0 Å². The molecule has 0 amide bonds. The first-order valence-electron chi connectivity index (χ1n) is 5.87. The number of carboxylic acids is 1. The topological polar surface area (TPSA) is 61.1 Å². The lowest BCUT2D eigenvalue weighted by atomic mass is 10.1. The van der Waals surface area contributed by atoms with Crippen molar-refractivity contribution >= 4 is 35.6 Å². The van der Waals surface area contributed by atoms with Gasteiger partial charge in [-0.1, -0.05) is 19.9 Å². The molecule has 100 valence electrons. The van der Waals surface area contributed by atoms with E-state index in [1.807, 2.05) is 18.2 Å². The summed E-state index contributed by atoms with van der Waals surface area (Å²) >= 11 is 3.48. The van der Waals surface area contributed by atoms with Gasteiger partial charge in [-0.3, -0.25) is 0 Å². The number of rotatable bonds is 6. The number of benzene rings is 1. The van der Waals surface area contributed by atoms with E-state index in [0.29, 0.717) is 0 Å². The monoisotopic (exact) mass is 293 g/mol. The molecule has 3 nitrogen and oxygen atoms in total. The van der Waals surface area contributed by atoms with Gasteiger partial charge in [0.25, 0.3) is 0 Å². The van der Waals surface area contributed by atoms with Gasteiger partial charge < -0.3 is 5.11 Å². The lowest BCUT2D eigenvalue weighted by Crippen LogP contribution is -1.97. The summed E-state index contributed by atoms with van der Waals surface area (Å²) in [4.78, 5) is 13.1. The van der Waals surface area contributed by atoms with Gasteiger partial charge in [0.15, 0.2) is 0 Å². The number of aliphatic carboxylic acids is 1. The van der Waals surface area contributed by atoms with Crippen molar-refractivity contribution in [1.29, 1.82) is 5.26 Å². The molecule has 1 N–H and O–H groups in total. The molecule has 0 aliphatic carbocycles. The molecule has 1 aromatic rings. The summed E-state index contributed by atoms with van der Waals surface area (Å²) in [6, 6.07) is 7.45. The maximum Gasteiger partial charge on any atom is 0.346 e. The largest absolute Gasteiger partial charge is 0.477 e. The molecule has 0 spiro atoms. The average molecular weight is 293 g/mol. The van der Waals surface area contributed by atoms with Crippen LogP contribution in [0.15, 0.2) is 33.6 Å². The van der Waals surface area contributed by atoms with Gasteiger partial charge in [-0.2, -0.15) is 5.26 Å². The van der Waals surface area contributed by atoms with Gasteiger partial charge in [-0.25, -0.2) is 4.79 Å². The number of hydrogen-bond donors (Lipinski definition) is 1. The molecule has 0 aromatic heterocycles. The van der Waals surface area contributed by atoms with Crippen molar-refractivity contribution in [2.45, 2.75) is 23.6 Å². The predicted octanol–water partition coefficient (Wildman–Crippen LogP) is 3.90. The summed E-state index contributed by atoms with van der Waals surface area (Å²) in [6.45, 7) is 4.17. The normalized spacial score (nSPS) is 11.1. The Balaban J connectivity index is 3.14. The van der Waals surface area contributed by atoms with Crippen molar-refractivity contribution in [3.63, 3.8) is 0 Å². The minimum atomic E-state index is -1.20. The summed E-state index contributed by atoms with van der Waals surface area (Å²) < 4.78 is 0. The first kappa shape index (κ1) is 15.7. The van der Waals surface area contributed by atoms with Gasteiger partial charge in [0, 0.05) is 9.79 Å². The van der Waals surface area contributed by atoms with Crippen LogP contribution in [0.25, 0.3) is 6.08 Å². The maximum absolute atomic E-state index is 10.8. The van der Waals surface area contributed by atoms with Crippen LogP contribution in [0.1, 0.15) is 19.4 Å². The van der Waals surface area contributed by atoms with Crippen molar-refractivity contribution in [3.8, 4) is 6.07 Å². The van der Waals surface area contributed by atoms with Gasteiger partial charge >= 0.3 is 5.97 Å². The number of nitrogens with zero attached hydrogens (tertiary/aromatic N) is 1. The van der Waals surface area contributed by atoms with Crippen LogP contribution in [-0.2, 0) is 4.79 Å². The fraction of sp³-hybridized carbons (Fsp3) is 0.286. The Morgan fingerprint density at radius 3 is 2.47 bits per heavy atom. The molecular weight excluding hydrogens is 278 g/mol. The third-order valence-electron chi connectivity index (χ3n) is 2.23. The molecule has 0 bridgehead atoms. The van der Waals surface area contributed by atoms with E-state index in [1.54, 1.807) is 29.6 Å². The van der Waals surface area contributed by atoms with Crippen molar-refractivity contribution in [1.82, 2.24) is 0 Å². The van der Waals surface area contributed by atoms with E-state index in [-0.39, 0.29) is 5.57 Å². The highest BCUT2D eigenvalue weighted by atomic mass is 32.2. The second-order valence-electron chi connectivity index (χ2n) is 3.55. The van der Waals surface area contributed by atoms with Crippen LogP contribution in [0.3, 0.4) is 0 Å². The second-order valence-corrected chi connectivity index (χ2v) is 6.16. The highest BCUT2D eigenvalue weighted by Crippen LogP contribution is 2.32. The molecule has 0 atom stereocenters. The van der Waals surface area contributed by atoms with Crippen LogP contribution < -0.4 is 0 Å². The number of carbonyl (C=O) groups is 1. The Morgan fingerprint density at radius 2 is 1.95 bits per heavy atom.